The van der Waals surface area contributed by atoms with Crippen LogP contribution in [0.5, 0.6) is 5.75 Å². The van der Waals surface area contributed by atoms with E-state index in [1.807, 2.05) is 24.3 Å². The van der Waals surface area contributed by atoms with Gasteiger partial charge in [0.1, 0.15) is 12.3 Å². The largest absolute Gasteiger partial charge is 0.497 e. The van der Waals surface area contributed by atoms with Crippen molar-refractivity contribution in [3.63, 3.8) is 0 Å². The molecule has 0 aromatic heterocycles. The lowest BCUT2D eigenvalue weighted by Gasteiger charge is -2.27. The van der Waals surface area contributed by atoms with E-state index in [2.05, 4.69) is 0 Å². The number of ether oxygens (including phenoxy) is 1. The first-order chi connectivity index (χ1) is 10.1. The molecule has 1 fully saturated rings. The van der Waals surface area contributed by atoms with Gasteiger partial charge in [-0.1, -0.05) is 25.0 Å². The second kappa shape index (κ2) is 7.11. The molecule has 0 bridgehead atoms. The highest BCUT2D eigenvalue weighted by atomic mass is 16.5. The van der Waals surface area contributed by atoms with Gasteiger partial charge in [-0.15, -0.1) is 0 Å². The van der Waals surface area contributed by atoms with E-state index in [-0.39, 0.29) is 24.9 Å². The van der Waals surface area contributed by atoms with E-state index in [4.69, 9.17) is 9.84 Å². The zero-order chi connectivity index (χ0) is 15.2. The van der Waals surface area contributed by atoms with Crippen molar-refractivity contribution in [1.82, 2.24) is 4.90 Å². The number of nitrogens with zero attached hydrogens (tertiary/aromatic N) is 1. The third-order valence-corrected chi connectivity index (χ3v) is 3.88. The number of amides is 1. The summed E-state index contributed by atoms with van der Waals surface area (Å²) in [5, 5.41) is 9.03. The van der Waals surface area contributed by atoms with Crippen molar-refractivity contribution in [3.8, 4) is 5.75 Å². The quantitative estimate of drug-likeness (QED) is 0.871. The normalized spacial score (nSPS) is 14.9. The van der Waals surface area contributed by atoms with Gasteiger partial charge in [0, 0.05) is 6.04 Å². The molecule has 21 heavy (non-hydrogen) atoms. The van der Waals surface area contributed by atoms with E-state index in [9.17, 15) is 9.59 Å². The highest BCUT2D eigenvalue weighted by molar-refractivity contribution is 5.83. The zero-order valence-corrected chi connectivity index (χ0v) is 12.2. The summed E-state index contributed by atoms with van der Waals surface area (Å²) >= 11 is 0. The summed E-state index contributed by atoms with van der Waals surface area (Å²) in [6.07, 6.45) is 4.13. The molecule has 0 spiro atoms. The monoisotopic (exact) mass is 291 g/mol. The number of methoxy groups -OCH3 is 1. The van der Waals surface area contributed by atoms with Gasteiger partial charge in [-0.25, -0.2) is 0 Å². The van der Waals surface area contributed by atoms with Crippen molar-refractivity contribution in [2.45, 2.75) is 38.1 Å². The first-order valence-corrected chi connectivity index (χ1v) is 7.24. The molecular formula is C16H21NO4. The van der Waals surface area contributed by atoms with Crippen LogP contribution in [0.1, 0.15) is 31.2 Å². The number of hydrogen-bond acceptors (Lipinski definition) is 3. The molecule has 0 atom stereocenters. The lowest BCUT2D eigenvalue weighted by molar-refractivity contribution is -0.145. The fraction of sp³-hybridized carbons (Fsp3) is 0.500. The van der Waals surface area contributed by atoms with Gasteiger partial charge in [-0.2, -0.15) is 0 Å². The molecule has 1 amide bonds. The molecule has 114 valence electrons. The predicted molar refractivity (Wildman–Crippen MR) is 78.3 cm³/mol. The molecule has 1 aromatic carbocycles. The Hall–Kier alpha value is -2.04. The minimum absolute atomic E-state index is 0.0687. The molecule has 0 saturated heterocycles. The van der Waals surface area contributed by atoms with E-state index in [1.54, 1.807) is 7.11 Å². The van der Waals surface area contributed by atoms with Crippen LogP contribution >= 0.6 is 0 Å². The van der Waals surface area contributed by atoms with Crippen molar-refractivity contribution >= 4 is 11.9 Å². The van der Waals surface area contributed by atoms with Gasteiger partial charge in [-0.05, 0) is 30.5 Å². The third kappa shape index (κ3) is 4.21. The molecule has 2 rings (SSSR count). The Balaban J connectivity index is 2.07. The van der Waals surface area contributed by atoms with Crippen LogP contribution in [0.2, 0.25) is 0 Å². The summed E-state index contributed by atoms with van der Waals surface area (Å²) in [7, 11) is 1.58. The van der Waals surface area contributed by atoms with Crippen molar-refractivity contribution in [2.24, 2.45) is 0 Å². The number of hydrogen-bond donors (Lipinski definition) is 1. The minimum Gasteiger partial charge on any atom is -0.497 e. The van der Waals surface area contributed by atoms with Crippen molar-refractivity contribution in [1.29, 1.82) is 0 Å². The van der Waals surface area contributed by atoms with Gasteiger partial charge < -0.3 is 14.7 Å². The number of carbonyl (C=O) groups excluding carboxylic acids is 1. The number of carboxylic acid groups (broad SMARTS) is 1. The topological polar surface area (TPSA) is 66.8 Å². The van der Waals surface area contributed by atoms with Crippen LogP contribution in [-0.2, 0) is 16.0 Å². The molecule has 1 saturated carbocycles. The molecule has 1 aromatic rings. The Morgan fingerprint density at radius 1 is 1.33 bits per heavy atom. The standard InChI is InChI=1S/C16H21NO4/c1-21-14-8-4-5-12(9-14)10-15(18)17(11-16(19)20)13-6-2-3-7-13/h4-5,8-9,13H,2-3,6-7,10-11H2,1H3,(H,19,20). The molecular weight excluding hydrogens is 270 g/mol. The summed E-state index contributed by atoms with van der Waals surface area (Å²) in [6, 6.07) is 7.39. The second-order valence-electron chi connectivity index (χ2n) is 5.38. The summed E-state index contributed by atoms with van der Waals surface area (Å²) in [6.45, 7) is -0.215. The average molecular weight is 291 g/mol. The lowest BCUT2D eigenvalue weighted by Crippen LogP contribution is -2.43. The van der Waals surface area contributed by atoms with Crippen LogP contribution in [0.25, 0.3) is 0 Å². The van der Waals surface area contributed by atoms with Crippen molar-refractivity contribution in [3.05, 3.63) is 29.8 Å². The van der Waals surface area contributed by atoms with Crippen LogP contribution in [0.3, 0.4) is 0 Å². The Morgan fingerprint density at radius 2 is 2.05 bits per heavy atom. The molecule has 1 N–H and O–H groups in total. The smallest absolute Gasteiger partial charge is 0.323 e. The first kappa shape index (κ1) is 15.4. The van der Waals surface area contributed by atoms with Crippen LogP contribution in [0.15, 0.2) is 24.3 Å². The lowest BCUT2D eigenvalue weighted by atomic mass is 10.1. The molecule has 0 heterocycles. The van der Waals surface area contributed by atoms with Crippen LogP contribution in [-0.4, -0.2) is 41.6 Å². The maximum absolute atomic E-state index is 12.5. The maximum atomic E-state index is 12.5. The molecule has 5 heteroatoms. The Kier molecular flexibility index (Phi) is 5.20. The predicted octanol–water partition coefficient (Wildman–Crippen LogP) is 2.09. The number of aliphatic carboxylic acids is 1. The molecule has 0 radical (unpaired) electrons. The maximum Gasteiger partial charge on any atom is 0.323 e. The van der Waals surface area contributed by atoms with Crippen molar-refractivity contribution in [2.75, 3.05) is 13.7 Å². The Bertz CT molecular complexity index is 509. The molecule has 5 nitrogen and oxygen atoms in total. The summed E-state index contributed by atoms with van der Waals surface area (Å²) in [4.78, 5) is 25.0. The number of carbonyl (C=O) groups is 2. The van der Waals surface area contributed by atoms with E-state index in [0.29, 0.717) is 5.75 Å². The number of benzene rings is 1. The highest BCUT2D eigenvalue weighted by Crippen LogP contribution is 2.24. The zero-order valence-electron chi connectivity index (χ0n) is 12.2. The average Bonchev–Trinajstić information content (AvgIpc) is 2.98. The Labute approximate surface area is 124 Å². The van der Waals surface area contributed by atoms with Gasteiger partial charge >= 0.3 is 5.97 Å². The van der Waals surface area contributed by atoms with Crippen LogP contribution in [0, 0.1) is 0 Å². The minimum atomic E-state index is -0.958. The summed E-state index contributed by atoms with van der Waals surface area (Å²) in [5.41, 5.74) is 0.840. The van der Waals surface area contributed by atoms with Crippen molar-refractivity contribution < 1.29 is 19.4 Å². The molecule has 0 aliphatic heterocycles. The molecule has 0 unspecified atom stereocenters. The number of carboxylic acids is 1. The van der Waals surface area contributed by atoms with E-state index < -0.39 is 5.97 Å². The van der Waals surface area contributed by atoms with E-state index in [0.717, 1.165) is 31.2 Å². The van der Waals surface area contributed by atoms with Gasteiger partial charge in [0.05, 0.1) is 13.5 Å². The SMILES string of the molecule is COc1cccc(CC(=O)N(CC(=O)O)C2CCCC2)c1. The van der Waals surface area contributed by atoms with E-state index in [1.165, 1.54) is 4.90 Å². The number of rotatable bonds is 6. The van der Waals surface area contributed by atoms with Gasteiger partial charge in [-0.3, -0.25) is 9.59 Å². The fourth-order valence-corrected chi connectivity index (χ4v) is 2.84. The highest BCUT2D eigenvalue weighted by Gasteiger charge is 2.28. The van der Waals surface area contributed by atoms with Gasteiger partial charge in [0.2, 0.25) is 5.91 Å². The molecule has 1 aliphatic rings. The Morgan fingerprint density at radius 3 is 2.67 bits per heavy atom. The van der Waals surface area contributed by atoms with Crippen LogP contribution in [0.4, 0.5) is 0 Å². The first-order valence-electron chi connectivity index (χ1n) is 7.24. The summed E-state index contributed by atoms with van der Waals surface area (Å²) < 4.78 is 5.14. The second-order valence-corrected chi connectivity index (χ2v) is 5.38. The third-order valence-electron chi connectivity index (χ3n) is 3.88. The van der Waals surface area contributed by atoms with Gasteiger partial charge in [0.15, 0.2) is 0 Å². The molecule has 1 aliphatic carbocycles. The summed E-state index contributed by atoms with van der Waals surface area (Å²) in [5.74, 6) is -0.385. The van der Waals surface area contributed by atoms with Gasteiger partial charge in [0.25, 0.3) is 0 Å². The fourth-order valence-electron chi connectivity index (χ4n) is 2.84. The van der Waals surface area contributed by atoms with E-state index >= 15 is 0 Å². The van der Waals surface area contributed by atoms with Crippen LogP contribution < -0.4 is 4.74 Å².